The molecule has 8 heteroatoms. The van der Waals surface area contributed by atoms with Crippen molar-refractivity contribution >= 4 is 29.7 Å². The maximum atomic E-state index is 12.8. The topological polar surface area (TPSA) is 71.8 Å². The minimum Gasteiger partial charge on any atom is -0.343 e. The van der Waals surface area contributed by atoms with Crippen LogP contribution in [0.3, 0.4) is 0 Å². The van der Waals surface area contributed by atoms with Gasteiger partial charge in [0.1, 0.15) is 0 Å². The van der Waals surface area contributed by atoms with Gasteiger partial charge in [0.15, 0.2) is 5.69 Å². The summed E-state index contributed by atoms with van der Waals surface area (Å²) in [4.78, 5) is 13.9. The van der Waals surface area contributed by atoms with Crippen molar-refractivity contribution in [2.45, 2.75) is 31.3 Å². The Labute approximate surface area is 174 Å². The Kier molecular flexibility index (Phi) is 7.19. The lowest BCUT2D eigenvalue weighted by molar-refractivity contribution is 0.0932. The maximum absolute atomic E-state index is 12.8. The van der Waals surface area contributed by atoms with Gasteiger partial charge in [0.25, 0.3) is 5.91 Å². The second-order valence-corrected chi connectivity index (χ2v) is 7.78. The van der Waals surface area contributed by atoms with Crippen LogP contribution in [0.25, 0.3) is 0 Å². The zero-order chi connectivity index (χ0) is 18.5. The average Bonchev–Trinajstić information content (AvgIpc) is 3.41. The van der Waals surface area contributed by atoms with E-state index < -0.39 is 0 Å². The summed E-state index contributed by atoms with van der Waals surface area (Å²) in [5, 5.41) is 16.8. The largest absolute Gasteiger partial charge is 0.343 e. The fraction of sp³-hybridized carbons (Fsp3) is 0.350. The van der Waals surface area contributed by atoms with Gasteiger partial charge in [-0.2, -0.15) is 0 Å². The van der Waals surface area contributed by atoms with Crippen molar-refractivity contribution in [2.75, 3.05) is 13.1 Å². The Morgan fingerprint density at radius 3 is 2.71 bits per heavy atom. The first-order valence-electron chi connectivity index (χ1n) is 9.30. The van der Waals surface area contributed by atoms with Gasteiger partial charge in [0, 0.05) is 4.88 Å². The summed E-state index contributed by atoms with van der Waals surface area (Å²) in [5.41, 5.74) is 1.57. The molecule has 1 aromatic carbocycles. The molecule has 3 aromatic rings. The Morgan fingerprint density at radius 1 is 1.21 bits per heavy atom. The van der Waals surface area contributed by atoms with Crippen LogP contribution >= 0.6 is 23.7 Å². The maximum Gasteiger partial charge on any atom is 0.273 e. The van der Waals surface area contributed by atoms with Crippen molar-refractivity contribution < 1.29 is 4.79 Å². The summed E-state index contributed by atoms with van der Waals surface area (Å²) >= 11 is 1.65. The van der Waals surface area contributed by atoms with Gasteiger partial charge in [-0.15, -0.1) is 28.8 Å². The van der Waals surface area contributed by atoms with E-state index in [1.807, 2.05) is 34.3 Å². The molecule has 3 heterocycles. The molecule has 1 aliphatic heterocycles. The van der Waals surface area contributed by atoms with Crippen LogP contribution in [-0.4, -0.2) is 34.0 Å². The monoisotopic (exact) mass is 417 g/mol. The zero-order valence-corrected chi connectivity index (χ0v) is 17.1. The third-order valence-electron chi connectivity index (χ3n) is 4.90. The van der Waals surface area contributed by atoms with Crippen LogP contribution in [0.15, 0.2) is 54.0 Å². The highest BCUT2D eigenvalue weighted by molar-refractivity contribution is 7.10. The van der Waals surface area contributed by atoms with Crippen molar-refractivity contribution in [2.24, 2.45) is 0 Å². The third kappa shape index (κ3) is 4.98. The number of halogens is 1. The van der Waals surface area contributed by atoms with Crippen molar-refractivity contribution in [3.63, 3.8) is 0 Å². The first-order valence-corrected chi connectivity index (χ1v) is 10.2. The number of hydrogen-bond acceptors (Lipinski definition) is 5. The van der Waals surface area contributed by atoms with E-state index in [1.165, 1.54) is 5.56 Å². The average molecular weight is 418 g/mol. The molecule has 1 atom stereocenters. The highest BCUT2D eigenvalue weighted by Gasteiger charge is 2.22. The molecular formula is C20H24ClN5OS. The summed E-state index contributed by atoms with van der Waals surface area (Å²) in [6.45, 7) is 1.95. The minimum atomic E-state index is -0.176. The molecule has 0 aliphatic carbocycles. The number of piperidine rings is 1. The molecule has 1 amide bonds. The van der Waals surface area contributed by atoms with Gasteiger partial charge in [0.2, 0.25) is 0 Å². The van der Waals surface area contributed by atoms with Crippen LogP contribution in [0.4, 0.5) is 0 Å². The molecule has 0 radical (unpaired) electrons. The summed E-state index contributed by atoms with van der Waals surface area (Å²) in [7, 11) is 0. The van der Waals surface area contributed by atoms with Crippen LogP contribution in [0, 0.1) is 0 Å². The lowest BCUT2D eigenvalue weighted by atomic mass is 10.0. The lowest BCUT2D eigenvalue weighted by Gasteiger charge is -2.22. The number of amides is 1. The number of thiophene rings is 1. The van der Waals surface area contributed by atoms with Crippen LogP contribution in [-0.2, 0) is 6.42 Å². The number of nitrogens with one attached hydrogen (secondary N) is 2. The summed E-state index contributed by atoms with van der Waals surface area (Å²) in [6.07, 6.45) is 4.54. The van der Waals surface area contributed by atoms with E-state index in [9.17, 15) is 4.79 Å². The Morgan fingerprint density at radius 2 is 2.00 bits per heavy atom. The van der Waals surface area contributed by atoms with Gasteiger partial charge in [-0.25, -0.2) is 4.68 Å². The van der Waals surface area contributed by atoms with Crippen molar-refractivity contribution in [3.05, 3.63) is 70.2 Å². The molecule has 1 unspecified atom stereocenters. The smallest absolute Gasteiger partial charge is 0.273 e. The quantitative estimate of drug-likeness (QED) is 0.644. The van der Waals surface area contributed by atoms with E-state index in [4.69, 9.17) is 0 Å². The fourth-order valence-corrected chi connectivity index (χ4v) is 4.20. The molecule has 4 rings (SSSR count). The predicted octanol–water partition coefficient (Wildman–Crippen LogP) is 3.40. The number of carbonyl (C=O) groups excluding carboxylic acids is 1. The van der Waals surface area contributed by atoms with Gasteiger partial charge in [-0.3, -0.25) is 4.79 Å². The van der Waals surface area contributed by atoms with Crippen molar-refractivity contribution in [1.29, 1.82) is 0 Å². The van der Waals surface area contributed by atoms with Crippen LogP contribution in [0.1, 0.15) is 45.9 Å². The molecule has 1 aliphatic rings. The SMILES string of the molecule is Cl.O=C(NC(Cc1ccccc1)c1cccs1)c1cn(C2CCNCC2)nn1. The van der Waals surface area contributed by atoms with E-state index in [0.717, 1.165) is 37.2 Å². The second kappa shape index (κ2) is 9.82. The van der Waals surface area contributed by atoms with E-state index in [-0.39, 0.29) is 24.4 Å². The second-order valence-electron chi connectivity index (χ2n) is 6.80. The highest BCUT2D eigenvalue weighted by Crippen LogP contribution is 2.24. The van der Waals surface area contributed by atoms with Crippen molar-refractivity contribution in [1.82, 2.24) is 25.6 Å². The van der Waals surface area contributed by atoms with E-state index in [2.05, 4.69) is 39.1 Å². The number of carbonyl (C=O) groups is 1. The van der Waals surface area contributed by atoms with E-state index >= 15 is 0 Å². The van der Waals surface area contributed by atoms with Gasteiger partial charge < -0.3 is 10.6 Å². The summed E-state index contributed by atoms with van der Waals surface area (Å²) in [6, 6.07) is 14.5. The first-order chi connectivity index (χ1) is 13.3. The standard InChI is InChI=1S/C20H23N5OS.ClH/c26-20(18-14-25(24-23-18)16-8-10-21-11-9-16)22-17(19-7-4-12-27-19)13-15-5-2-1-3-6-15;/h1-7,12,14,16-17,21H,8-11,13H2,(H,22,26);1H. The lowest BCUT2D eigenvalue weighted by Crippen LogP contribution is -2.30. The van der Waals surface area contributed by atoms with Crippen LogP contribution in [0.2, 0.25) is 0 Å². The molecule has 6 nitrogen and oxygen atoms in total. The number of aromatic nitrogens is 3. The Hall–Kier alpha value is -2.22. The van der Waals surface area contributed by atoms with E-state index in [0.29, 0.717) is 11.7 Å². The van der Waals surface area contributed by atoms with Crippen LogP contribution < -0.4 is 10.6 Å². The summed E-state index contributed by atoms with van der Waals surface area (Å²) in [5.74, 6) is -0.176. The molecule has 0 saturated carbocycles. The molecular weight excluding hydrogens is 394 g/mol. The third-order valence-corrected chi connectivity index (χ3v) is 5.89. The highest BCUT2D eigenvalue weighted by atomic mass is 35.5. The predicted molar refractivity (Wildman–Crippen MR) is 113 cm³/mol. The molecule has 0 bridgehead atoms. The molecule has 0 spiro atoms. The molecule has 1 fully saturated rings. The molecule has 28 heavy (non-hydrogen) atoms. The minimum absolute atomic E-state index is 0. The molecule has 1 saturated heterocycles. The number of nitrogens with zero attached hydrogens (tertiary/aromatic N) is 3. The normalized spacial score (nSPS) is 15.6. The van der Waals surface area contributed by atoms with Crippen LogP contribution in [0.5, 0.6) is 0 Å². The van der Waals surface area contributed by atoms with Crippen molar-refractivity contribution in [3.8, 4) is 0 Å². The number of benzene rings is 1. The number of hydrogen-bond donors (Lipinski definition) is 2. The summed E-state index contributed by atoms with van der Waals surface area (Å²) < 4.78 is 1.84. The van der Waals surface area contributed by atoms with Gasteiger partial charge in [-0.1, -0.05) is 41.6 Å². The Balaban J connectivity index is 0.00000225. The molecule has 2 aromatic heterocycles. The Bertz CT molecular complexity index is 862. The zero-order valence-electron chi connectivity index (χ0n) is 15.5. The van der Waals surface area contributed by atoms with Gasteiger partial charge >= 0.3 is 0 Å². The van der Waals surface area contributed by atoms with Gasteiger partial charge in [0.05, 0.1) is 18.3 Å². The fourth-order valence-electron chi connectivity index (χ4n) is 3.42. The molecule has 148 valence electrons. The first kappa shape index (κ1) is 20.5. The van der Waals surface area contributed by atoms with E-state index in [1.54, 1.807) is 17.5 Å². The van der Waals surface area contributed by atoms with Gasteiger partial charge in [-0.05, 0) is 49.4 Å². The molecule has 2 N–H and O–H groups in total. The number of rotatable bonds is 6.